The lowest BCUT2D eigenvalue weighted by molar-refractivity contribution is 0.198. The fourth-order valence-electron chi connectivity index (χ4n) is 4.75. The predicted molar refractivity (Wildman–Crippen MR) is 142 cm³/mol. The fraction of sp³-hybridized carbons (Fsp3) is 0.226. The maximum absolute atomic E-state index is 6.12. The van der Waals surface area contributed by atoms with E-state index in [1.807, 2.05) is 24.3 Å². The monoisotopic (exact) mass is 464 g/mol. The van der Waals surface area contributed by atoms with Crippen molar-refractivity contribution in [2.75, 3.05) is 33.3 Å². The minimum absolute atomic E-state index is 0.152. The first kappa shape index (κ1) is 23.2. The zero-order valence-corrected chi connectivity index (χ0v) is 20.2. The Morgan fingerprint density at radius 2 is 1.34 bits per heavy atom. The molecular weight excluding hydrogens is 432 g/mol. The summed E-state index contributed by atoms with van der Waals surface area (Å²) in [5.74, 6) is 1.53. The molecule has 178 valence electrons. The van der Waals surface area contributed by atoms with E-state index in [0.29, 0.717) is 6.61 Å². The summed E-state index contributed by atoms with van der Waals surface area (Å²) in [6, 6.07) is 36.3. The number of ether oxygens (including phenoxy) is 2. The van der Waals surface area contributed by atoms with Crippen molar-refractivity contribution in [3.63, 3.8) is 0 Å². The van der Waals surface area contributed by atoms with Gasteiger partial charge in [-0.15, -0.1) is 0 Å². The van der Waals surface area contributed by atoms with E-state index in [1.54, 1.807) is 7.11 Å². The smallest absolute Gasteiger partial charge is 0.161 e. The number of rotatable bonds is 8. The van der Waals surface area contributed by atoms with Crippen molar-refractivity contribution >= 4 is 0 Å². The van der Waals surface area contributed by atoms with E-state index in [-0.39, 0.29) is 6.04 Å². The van der Waals surface area contributed by atoms with Crippen LogP contribution in [0.2, 0.25) is 0 Å². The quantitative estimate of drug-likeness (QED) is 0.350. The maximum atomic E-state index is 6.12. The molecule has 0 aromatic heterocycles. The predicted octanol–water partition coefficient (Wildman–Crippen LogP) is 5.94. The molecule has 4 aromatic rings. The number of nitrogens with one attached hydrogen (secondary N) is 1. The molecule has 1 heterocycles. The van der Waals surface area contributed by atoms with Gasteiger partial charge < -0.3 is 14.8 Å². The molecular formula is C31H32N2O2. The summed E-state index contributed by atoms with van der Waals surface area (Å²) in [6.07, 6.45) is 0. The number of benzene rings is 4. The third-order valence-electron chi connectivity index (χ3n) is 6.59. The van der Waals surface area contributed by atoms with Crippen LogP contribution in [0.15, 0.2) is 103 Å². The molecule has 35 heavy (non-hydrogen) atoms. The van der Waals surface area contributed by atoms with Crippen LogP contribution < -0.4 is 14.8 Å². The number of hydrogen-bond donors (Lipinski definition) is 1. The second-order valence-electron chi connectivity index (χ2n) is 8.86. The summed E-state index contributed by atoms with van der Waals surface area (Å²) in [6.45, 7) is 4.50. The number of hydrogen-bond acceptors (Lipinski definition) is 4. The largest absolute Gasteiger partial charge is 0.493 e. The van der Waals surface area contributed by atoms with Gasteiger partial charge in [-0.25, -0.2) is 0 Å². The molecule has 4 heteroatoms. The molecule has 1 N–H and O–H groups in total. The summed E-state index contributed by atoms with van der Waals surface area (Å²) in [4.78, 5) is 2.55. The molecule has 0 spiro atoms. The molecule has 0 amide bonds. The Morgan fingerprint density at radius 1 is 0.714 bits per heavy atom. The summed E-state index contributed by atoms with van der Waals surface area (Å²) in [5.41, 5.74) is 6.10. The lowest BCUT2D eigenvalue weighted by atomic mass is 9.94. The number of methoxy groups -OCH3 is 1. The van der Waals surface area contributed by atoms with Crippen LogP contribution in [0.5, 0.6) is 11.5 Å². The highest BCUT2D eigenvalue weighted by Gasteiger charge is 2.25. The van der Waals surface area contributed by atoms with Crippen LogP contribution in [0, 0.1) is 0 Å². The van der Waals surface area contributed by atoms with Crippen LogP contribution in [-0.2, 0) is 6.61 Å². The van der Waals surface area contributed by atoms with E-state index in [2.05, 4.69) is 89.1 Å². The molecule has 5 rings (SSSR count). The van der Waals surface area contributed by atoms with Gasteiger partial charge in [0.1, 0.15) is 6.61 Å². The van der Waals surface area contributed by atoms with Gasteiger partial charge in [0.25, 0.3) is 0 Å². The normalized spacial score (nSPS) is 14.9. The highest BCUT2D eigenvalue weighted by molar-refractivity contribution is 5.63. The lowest BCUT2D eigenvalue weighted by Gasteiger charge is -2.36. The first-order valence-corrected chi connectivity index (χ1v) is 12.3. The highest BCUT2D eigenvalue weighted by Crippen LogP contribution is 2.36. The van der Waals surface area contributed by atoms with Crippen LogP contribution >= 0.6 is 0 Å². The van der Waals surface area contributed by atoms with Crippen molar-refractivity contribution < 1.29 is 9.47 Å². The van der Waals surface area contributed by atoms with Crippen LogP contribution in [0.25, 0.3) is 11.1 Å². The Kier molecular flexibility index (Phi) is 7.42. The third-order valence-corrected chi connectivity index (χ3v) is 6.59. The minimum atomic E-state index is 0.152. The van der Waals surface area contributed by atoms with E-state index in [0.717, 1.165) is 43.2 Å². The van der Waals surface area contributed by atoms with Crippen LogP contribution in [0.4, 0.5) is 0 Å². The Morgan fingerprint density at radius 3 is 2.03 bits per heavy atom. The van der Waals surface area contributed by atoms with Gasteiger partial charge in [-0.05, 0) is 39.9 Å². The van der Waals surface area contributed by atoms with Crippen LogP contribution in [-0.4, -0.2) is 38.2 Å². The number of nitrogens with zero attached hydrogens (tertiary/aromatic N) is 1. The van der Waals surface area contributed by atoms with Gasteiger partial charge in [0.05, 0.1) is 13.2 Å². The summed E-state index contributed by atoms with van der Waals surface area (Å²) < 4.78 is 11.9. The standard InChI is InChI=1S/C31H32N2O2/c1-34-30-22-28(16-17-29(30)35-23-24-8-4-2-5-9-24)31(33-20-18-32-19-21-33)27-14-12-26(13-15-27)25-10-6-3-7-11-25/h2-17,22,31-32H,18-21,23H2,1H3. The van der Waals surface area contributed by atoms with Crippen molar-refractivity contribution in [2.45, 2.75) is 12.6 Å². The SMILES string of the molecule is COc1cc(C(c2ccc(-c3ccccc3)cc2)N2CCNCC2)ccc1OCc1ccccc1. The Labute approximate surface area is 208 Å². The Hall–Kier alpha value is -3.60. The van der Waals surface area contributed by atoms with Crippen LogP contribution in [0.1, 0.15) is 22.7 Å². The van der Waals surface area contributed by atoms with Crippen molar-refractivity contribution in [3.8, 4) is 22.6 Å². The second kappa shape index (κ2) is 11.2. The first-order chi connectivity index (χ1) is 17.3. The van der Waals surface area contributed by atoms with Gasteiger partial charge in [-0.3, -0.25) is 4.90 Å². The summed E-state index contributed by atoms with van der Waals surface area (Å²) in [7, 11) is 1.71. The Bertz CT molecular complexity index is 1200. The van der Waals surface area contributed by atoms with Crippen molar-refractivity contribution in [1.82, 2.24) is 10.2 Å². The van der Waals surface area contributed by atoms with Gasteiger partial charge in [0.15, 0.2) is 11.5 Å². The average Bonchev–Trinajstić information content (AvgIpc) is 2.94. The van der Waals surface area contributed by atoms with Gasteiger partial charge in [-0.1, -0.05) is 91.0 Å². The van der Waals surface area contributed by atoms with Crippen molar-refractivity contribution in [1.29, 1.82) is 0 Å². The van der Waals surface area contributed by atoms with Crippen LogP contribution in [0.3, 0.4) is 0 Å². The lowest BCUT2D eigenvalue weighted by Crippen LogP contribution is -2.45. The van der Waals surface area contributed by atoms with Crippen molar-refractivity contribution in [2.24, 2.45) is 0 Å². The Balaban J connectivity index is 1.43. The van der Waals surface area contributed by atoms with E-state index in [1.165, 1.54) is 22.3 Å². The zero-order chi connectivity index (χ0) is 23.9. The number of piperazine rings is 1. The van der Waals surface area contributed by atoms with Crippen molar-refractivity contribution in [3.05, 3.63) is 120 Å². The van der Waals surface area contributed by atoms with Gasteiger partial charge in [0.2, 0.25) is 0 Å². The minimum Gasteiger partial charge on any atom is -0.493 e. The molecule has 1 aliphatic heterocycles. The molecule has 1 aliphatic rings. The molecule has 1 atom stereocenters. The molecule has 1 fully saturated rings. The molecule has 0 radical (unpaired) electrons. The molecule has 4 nitrogen and oxygen atoms in total. The first-order valence-electron chi connectivity index (χ1n) is 12.3. The molecule has 1 saturated heterocycles. The molecule has 0 bridgehead atoms. The highest BCUT2D eigenvalue weighted by atomic mass is 16.5. The average molecular weight is 465 g/mol. The molecule has 4 aromatic carbocycles. The summed E-state index contributed by atoms with van der Waals surface area (Å²) in [5, 5.41) is 3.48. The summed E-state index contributed by atoms with van der Waals surface area (Å²) >= 11 is 0. The van der Waals surface area contributed by atoms with Gasteiger partial charge >= 0.3 is 0 Å². The zero-order valence-electron chi connectivity index (χ0n) is 20.2. The third kappa shape index (κ3) is 5.56. The molecule has 0 aliphatic carbocycles. The topological polar surface area (TPSA) is 33.7 Å². The molecule has 1 unspecified atom stereocenters. The van der Waals surface area contributed by atoms with E-state index < -0.39 is 0 Å². The van der Waals surface area contributed by atoms with E-state index in [9.17, 15) is 0 Å². The van der Waals surface area contributed by atoms with Gasteiger partial charge in [0, 0.05) is 26.2 Å². The second-order valence-corrected chi connectivity index (χ2v) is 8.86. The van der Waals surface area contributed by atoms with E-state index in [4.69, 9.17) is 9.47 Å². The maximum Gasteiger partial charge on any atom is 0.161 e. The van der Waals surface area contributed by atoms with E-state index >= 15 is 0 Å². The fourth-order valence-corrected chi connectivity index (χ4v) is 4.75. The van der Waals surface area contributed by atoms with Gasteiger partial charge in [-0.2, -0.15) is 0 Å². The molecule has 0 saturated carbocycles.